The third-order valence-corrected chi connectivity index (χ3v) is 3.57. The monoisotopic (exact) mass is 267 g/mol. The number of aromatic amines is 1. The van der Waals surface area contributed by atoms with Crippen LogP contribution < -0.4 is 11.3 Å². The van der Waals surface area contributed by atoms with Gasteiger partial charge in [-0.3, -0.25) is 4.79 Å². The van der Waals surface area contributed by atoms with Crippen LogP contribution >= 0.6 is 0 Å². The molecule has 4 heteroatoms. The smallest absolute Gasteiger partial charge is 0.268 e. The minimum absolute atomic E-state index is 0.0930. The highest BCUT2D eigenvalue weighted by Gasteiger charge is 2.11. The number of anilines is 1. The number of hydrogen-bond acceptors (Lipinski definition) is 3. The first-order valence-electron chi connectivity index (χ1n) is 6.60. The van der Waals surface area contributed by atoms with Crippen molar-refractivity contribution in [1.82, 2.24) is 4.98 Å². The lowest BCUT2D eigenvalue weighted by Gasteiger charge is -2.10. The number of nitrogens with two attached hydrogens (primary N) is 1. The van der Waals surface area contributed by atoms with E-state index in [9.17, 15) is 4.79 Å². The highest BCUT2D eigenvalue weighted by Crippen LogP contribution is 2.26. The molecule has 0 spiro atoms. The fourth-order valence-electron chi connectivity index (χ4n) is 2.15. The summed E-state index contributed by atoms with van der Waals surface area (Å²) in [7, 11) is 0. The van der Waals surface area contributed by atoms with Crippen LogP contribution in [-0.2, 0) is 0 Å². The van der Waals surface area contributed by atoms with Gasteiger partial charge >= 0.3 is 0 Å². The Morgan fingerprint density at radius 2 is 2.00 bits per heavy atom. The predicted octanol–water partition coefficient (Wildman–Crippen LogP) is 3.01. The Morgan fingerprint density at radius 1 is 1.35 bits per heavy atom. The van der Waals surface area contributed by atoms with Crippen molar-refractivity contribution in [3.05, 3.63) is 51.8 Å². The molecule has 0 aliphatic carbocycles. The third-order valence-electron chi connectivity index (χ3n) is 3.57. The molecule has 0 saturated carbocycles. The first-order chi connectivity index (χ1) is 9.56. The Balaban J connectivity index is 2.53. The van der Waals surface area contributed by atoms with Crippen LogP contribution in [0.5, 0.6) is 0 Å². The van der Waals surface area contributed by atoms with Crippen molar-refractivity contribution in [3.8, 4) is 17.2 Å². The maximum absolute atomic E-state index is 11.7. The van der Waals surface area contributed by atoms with Gasteiger partial charge in [0.1, 0.15) is 17.5 Å². The van der Waals surface area contributed by atoms with Gasteiger partial charge in [-0.25, -0.2) is 0 Å². The molecule has 102 valence electrons. The molecule has 0 aliphatic rings. The van der Waals surface area contributed by atoms with E-state index in [1.54, 1.807) is 6.07 Å². The average molecular weight is 267 g/mol. The zero-order valence-electron chi connectivity index (χ0n) is 11.6. The zero-order valence-corrected chi connectivity index (χ0v) is 11.6. The van der Waals surface area contributed by atoms with Crippen LogP contribution in [-0.4, -0.2) is 4.98 Å². The van der Waals surface area contributed by atoms with Crippen molar-refractivity contribution >= 4 is 5.82 Å². The lowest BCUT2D eigenvalue weighted by Crippen LogP contribution is -2.13. The number of nitrogens with zero attached hydrogens (tertiary/aromatic N) is 1. The Labute approximate surface area is 117 Å². The Hall–Kier alpha value is -2.54. The van der Waals surface area contributed by atoms with E-state index in [1.807, 2.05) is 30.3 Å². The number of nitrogens with one attached hydrogen (secondary N) is 1. The van der Waals surface area contributed by atoms with E-state index in [-0.39, 0.29) is 11.4 Å². The number of nitrogen functional groups attached to an aromatic ring is 1. The van der Waals surface area contributed by atoms with Gasteiger partial charge in [0.15, 0.2) is 0 Å². The number of H-pyrrole nitrogens is 1. The molecule has 0 fully saturated rings. The molecule has 1 heterocycles. The second-order valence-electron chi connectivity index (χ2n) is 4.89. The van der Waals surface area contributed by atoms with Crippen molar-refractivity contribution in [1.29, 1.82) is 5.26 Å². The van der Waals surface area contributed by atoms with Gasteiger partial charge in [-0.15, -0.1) is 0 Å². The van der Waals surface area contributed by atoms with E-state index in [4.69, 9.17) is 11.0 Å². The quantitative estimate of drug-likeness (QED) is 0.896. The third kappa shape index (κ3) is 2.57. The normalized spacial score (nSPS) is 11.8. The SMILES string of the molecule is CCC(C)c1ccc(-c2cc(N)[nH]c(=O)c2C#N)cc1. The Morgan fingerprint density at radius 3 is 2.55 bits per heavy atom. The van der Waals surface area contributed by atoms with Gasteiger partial charge in [0.2, 0.25) is 0 Å². The van der Waals surface area contributed by atoms with Crippen molar-refractivity contribution in [2.75, 3.05) is 5.73 Å². The summed E-state index contributed by atoms with van der Waals surface area (Å²) in [4.78, 5) is 14.2. The van der Waals surface area contributed by atoms with Gasteiger partial charge in [0.25, 0.3) is 5.56 Å². The van der Waals surface area contributed by atoms with E-state index in [1.165, 1.54) is 5.56 Å². The van der Waals surface area contributed by atoms with E-state index >= 15 is 0 Å². The molecule has 0 aliphatic heterocycles. The second kappa shape index (κ2) is 5.62. The van der Waals surface area contributed by atoms with Crippen LogP contribution in [0.2, 0.25) is 0 Å². The van der Waals surface area contributed by atoms with Gasteiger partial charge in [-0.1, -0.05) is 38.1 Å². The fraction of sp³-hybridized carbons (Fsp3) is 0.250. The number of aromatic nitrogens is 1. The summed E-state index contributed by atoms with van der Waals surface area (Å²) >= 11 is 0. The number of nitriles is 1. The lowest BCUT2D eigenvalue weighted by atomic mass is 9.95. The fourth-order valence-corrected chi connectivity index (χ4v) is 2.15. The average Bonchev–Trinajstić information content (AvgIpc) is 2.46. The van der Waals surface area contributed by atoms with Gasteiger partial charge in [-0.2, -0.15) is 5.26 Å². The lowest BCUT2D eigenvalue weighted by molar-refractivity contribution is 0.734. The molecular formula is C16H17N3O. The van der Waals surface area contributed by atoms with Crippen LogP contribution in [0.3, 0.4) is 0 Å². The molecule has 1 atom stereocenters. The van der Waals surface area contributed by atoms with Crippen molar-refractivity contribution in [3.63, 3.8) is 0 Å². The summed E-state index contributed by atoms with van der Waals surface area (Å²) in [5.41, 5.74) is 7.94. The van der Waals surface area contributed by atoms with Gasteiger partial charge in [-0.05, 0) is 29.5 Å². The molecular weight excluding hydrogens is 250 g/mol. The minimum atomic E-state index is -0.450. The minimum Gasteiger partial charge on any atom is -0.385 e. The molecule has 1 aromatic carbocycles. The highest BCUT2D eigenvalue weighted by molar-refractivity contribution is 5.72. The number of rotatable bonds is 3. The first kappa shape index (κ1) is 13.9. The Bertz CT molecular complexity index is 708. The molecule has 1 unspecified atom stereocenters. The van der Waals surface area contributed by atoms with Crippen molar-refractivity contribution in [2.24, 2.45) is 0 Å². The molecule has 0 saturated heterocycles. The van der Waals surface area contributed by atoms with Gasteiger partial charge < -0.3 is 10.7 Å². The van der Waals surface area contributed by atoms with Crippen molar-refractivity contribution in [2.45, 2.75) is 26.2 Å². The summed E-state index contributed by atoms with van der Waals surface area (Å²) in [6.45, 7) is 4.31. The van der Waals surface area contributed by atoms with Crippen molar-refractivity contribution < 1.29 is 0 Å². The molecule has 2 aromatic rings. The molecule has 20 heavy (non-hydrogen) atoms. The molecule has 0 amide bonds. The van der Waals surface area contributed by atoms with Gasteiger partial charge in [0, 0.05) is 5.56 Å². The number of benzene rings is 1. The Kier molecular flexibility index (Phi) is 3.90. The second-order valence-corrected chi connectivity index (χ2v) is 4.89. The van der Waals surface area contributed by atoms with Crippen LogP contribution in [0.25, 0.3) is 11.1 Å². The predicted molar refractivity (Wildman–Crippen MR) is 80.3 cm³/mol. The summed E-state index contributed by atoms with van der Waals surface area (Å²) < 4.78 is 0. The highest BCUT2D eigenvalue weighted by atomic mass is 16.1. The van der Waals surface area contributed by atoms with Crippen LogP contribution in [0.4, 0.5) is 5.82 Å². The van der Waals surface area contributed by atoms with E-state index in [0.717, 1.165) is 12.0 Å². The number of hydrogen-bond donors (Lipinski definition) is 2. The molecule has 1 aromatic heterocycles. The summed E-state index contributed by atoms with van der Waals surface area (Å²) in [5, 5.41) is 9.12. The number of pyridine rings is 1. The molecule has 4 nitrogen and oxygen atoms in total. The van der Waals surface area contributed by atoms with Crippen LogP contribution in [0, 0.1) is 11.3 Å². The largest absolute Gasteiger partial charge is 0.385 e. The summed E-state index contributed by atoms with van der Waals surface area (Å²) in [6.07, 6.45) is 1.07. The maximum Gasteiger partial charge on any atom is 0.268 e. The molecule has 0 radical (unpaired) electrons. The van der Waals surface area contributed by atoms with E-state index < -0.39 is 5.56 Å². The summed E-state index contributed by atoms with van der Waals surface area (Å²) in [6, 6.07) is 11.5. The summed E-state index contributed by atoms with van der Waals surface area (Å²) in [5.74, 6) is 0.749. The topological polar surface area (TPSA) is 82.7 Å². The van der Waals surface area contributed by atoms with Crippen LogP contribution in [0.15, 0.2) is 35.1 Å². The van der Waals surface area contributed by atoms with Crippen LogP contribution in [0.1, 0.15) is 37.3 Å². The van der Waals surface area contributed by atoms with E-state index in [2.05, 4.69) is 18.8 Å². The zero-order chi connectivity index (χ0) is 14.7. The first-order valence-corrected chi connectivity index (χ1v) is 6.60. The maximum atomic E-state index is 11.7. The van der Waals surface area contributed by atoms with E-state index in [0.29, 0.717) is 11.5 Å². The molecule has 0 bridgehead atoms. The van der Waals surface area contributed by atoms with Gasteiger partial charge in [0.05, 0.1) is 0 Å². The molecule has 2 rings (SSSR count). The molecule has 3 N–H and O–H groups in total. The standard InChI is InChI=1S/C16H17N3O/c1-3-10(2)11-4-6-12(7-5-11)13-8-15(18)19-16(20)14(13)9-17/h4-8,10H,3H2,1-2H3,(H3,18,19,20).